The Morgan fingerprint density at radius 2 is 2.00 bits per heavy atom. The SMILES string of the molecule is COC(=O)C1C(F)SC(C)(C)N1C(C)=O. The molecule has 0 spiro atoms. The molecule has 0 bridgehead atoms. The lowest BCUT2D eigenvalue weighted by molar-refractivity contribution is -0.154. The van der Waals surface area contributed by atoms with E-state index in [-0.39, 0.29) is 5.91 Å². The summed E-state index contributed by atoms with van der Waals surface area (Å²) in [7, 11) is 1.18. The van der Waals surface area contributed by atoms with Crippen LogP contribution in [-0.4, -0.2) is 40.3 Å². The van der Waals surface area contributed by atoms with Gasteiger partial charge in [0.25, 0.3) is 0 Å². The number of methoxy groups -OCH3 is 1. The summed E-state index contributed by atoms with van der Waals surface area (Å²) in [6.07, 6.45) is 0. The third kappa shape index (κ3) is 2.09. The number of hydrogen-bond donors (Lipinski definition) is 0. The molecule has 1 fully saturated rings. The van der Waals surface area contributed by atoms with Crippen molar-refractivity contribution in [3.8, 4) is 0 Å². The number of rotatable bonds is 1. The first-order valence-electron chi connectivity index (χ1n) is 4.51. The minimum absolute atomic E-state index is 0.331. The lowest BCUT2D eigenvalue weighted by Gasteiger charge is -2.31. The van der Waals surface area contributed by atoms with Crippen molar-refractivity contribution in [2.24, 2.45) is 0 Å². The topological polar surface area (TPSA) is 46.6 Å². The van der Waals surface area contributed by atoms with Gasteiger partial charge in [-0.25, -0.2) is 9.18 Å². The Hall–Kier alpha value is -0.780. The molecule has 1 aliphatic rings. The van der Waals surface area contributed by atoms with Gasteiger partial charge in [0.1, 0.15) is 0 Å². The maximum Gasteiger partial charge on any atom is 0.332 e. The second kappa shape index (κ2) is 4.00. The summed E-state index contributed by atoms with van der Waals surface area (Å²) >= 11 is 0.949. The van der Waals surface area contributed by atoms with Gasteiger partial charge in [-0.15, -0.1) is 0 Å². The summed E-state index contributed by atoms with van der Waals surface area (Å²) in [6.45, 7) is 4.72. The van der Waals surface area contributed by atoms with E-state index < -0.39 is 22.4 Å². The van der Waals surface area contributed by atoms with Gasteiger partial charge in [0.2, 0.25) is 5.91 Å². The van der Waals surface area contributed by atoms with Crippen LogP contribution in [0.25, 0.3) is 0 Å². The molecule has 2 unspecified atom stereocenters. The monoisotopic (exact) mass is 235 g/mol. The molecule has 0 saturated carbocycles. The van der Waals surface area contributed by atoms with Gasteiger partial charge in [0, 0.05) is 6.92 Å². The summed E-state index contributed by atoms with van der Waals surface area (Å²) < 4.78 is 18.1. The van der Waals surface area contributed by atoms with Crippen LogP contribution in [0, 0.1) is 0 Å². The molecule has 86 valence electrons. The highest BCUT2D eigenvalue weighted by molar-refractivity contribution is 8.01. The molecule has 1 heterocycles. The van der Waals surface area contributed by atoms with Crippen LogP contribution in [0.3, 0.4) is 0 Å². The van der Waals surface area contributed by atoms with Crippen molar-refractivity contribution in [2.75, 3.05) is 7.11 Å². The average Bonchev–Trinajstić information content (AvgIpc) is 2.33. The smallest absolute Gasteiger partial charge is 0.332 e. The zero-order valence-electron chi connectivity index (χ0n) is 9.11. The van der Waals surface area contributed by atoms with E-state index in [1.807, 2.05) is 0 Å². The summed E-state index contributed by atoms with van der Waals surface area (Å²) in [5, 5.41) is 0. The number of thioether (sulfide) groups is 1. The van der Waals surface area contributed by atoms with Gasteiger partial charge in [-0.05, 0) is 13.8 Å². The number of carbonyl (C=O) groups is 2. The van der Waals surface area contributed by atoms with Crippen LogP contribution in [0.1, 0.15) is 20.8 Å². The maximum absolute atomic E-state index is 13.6. The molecule has 4 nitrogen and oxygen atoms in total. The zero-order valence-corrected chi connectivity index (χ0v) is 9.93. The van der Waals surface area contributed by atoms with E-state index in [9.17, 15) is 14.0 Å². The number of esters is 1. The highest BCUT2D eigenvalue weighted by Gasteiger charge is 2.52. The number of hydrogen-bond acceptors (Lipinski definition) is 4. The lowest BCUT2D eigenvalue weighted by Crippen LogP contribution is -2.50. The van der Waals surface area contributed by atoms with Crippen LogP contribution < -0.4 is 0 Å². The Balaban J connectivity index is 3.03. The fraction of sp³-hybridized carbons (Fsp3) is 0.778. The van der Waals surface area contributed by atoms with Crippen molar-refractivity contribution >= 4 is 23.6 Å². The van der Waals surface area contributed by atoms with Crippen LogP contribution in [0.2, 0.25) is 0 Å². The van der Waals surface area contributed by atoms with Gasteiger partial charge < -0.3 is 9.64 Å². The van der Waals surface area contributed by atoms with Crippen molar-refractivity contribution < 1.29 is 18.7 Å². The van der Waals surface area contributed by atoms with Crippen LogP contribution in [-0.2, 0) is 14.3 Å². The van der Waals surface area contributed by atoms with Gasteiger partial charge >= 0.3 is 5.97 Å². The minimum Gasteiger partial charge on any atom is -0.467 e. The molecule has 1 amide bonds. The minimum atomic E-state index is -1.43. The Labute approximate surface area is 92.1 Å². The molecule has 0 N–H and O–H groups in total. The predicted molar refractivity (Wildman–Crippen MR) is 54.9 cm³/mol. The lowest BCUT2D eigenvalue weighted by atomic mass is 10.2. The second-order valence-corrected chi connectivity index (χ2v) is 5.46. The molecule has 0 aliphatic carbocycles. The van der Waals surface area contributed by atoms with Crippen molar-refractivity contribution in [2.45, 2.75) is 37.2 Å². The van der Waals surface area contributed by atoms with E-state index in [1.165, 1.54) is 18.9 Å². The third-order valence-electron chi connectivity index (χ3n) is 2.29. The van der Waals surface area contributed by atoms with Gasteiger partial charge in [-0.2, -0.15) is 0 Å². The highest BCUT2D eigenvalue weighted by Crippen LogP contribution is 2.44. The van der Waals surface area contributed by atoms with Crippen LogP contribution >= 0.6 is 11.8 Å². The molecule has 0 aromatic carbocycles. The van der Waals surface area contributed by atoms with Crippen molar-refractivity contribution in [3.63, 3.8) is 0 Å². The molecule has 1 saturated heterocycles. The molecule has 1 rings (SSSR count). The van der Waals surface area contributed by atoms with Crippen LogP contribution in [0.15, 0.2) is 0 Å². The highest BCUT2D eigenvalue weighted by atomic mass is 32.2. The molecule has 1 aliphatic heterocycles. The number of carbonyl (C=O) groups excluding carboxylic acids is 2. The van der Waals surface area contributed by atoms with Crippen LogP contribution in [0.4, 0.5) is 4.39 Å². The Morgan fingerprint density at radius 1 is 1.47 bits per heavy atom. The molecular formula is C9H14FNO3S. The first kappa shape index (κ1) is 12.3. The number of alkyl halides is 1. The van der Waals surface area contributed by atoms with E-state index in [4.69, 9.17) is 0 Å². The Kier molecular flexibility index (Phi) is 3.28. The molecule has 6 heteroatoms. The van der Waals surface area contributed by atoms with E-state index in [0.29, 0.717) is 0 Å². The summed E-state index contributed by atoms with van der Waals surface area (Å²) in [5.74, 6) is -1.04. The molecule has 2 atom stereocenters. The fourth-order valence-corrected chi connectivity index (χ4v) is 3.03. The number of halogens is 1. The van der Waals surface area contributed by atoms with E-state index >= 15 is 0 Å². The van der Waals surface area contributed by atoms with Gasteiger partial charge in [0.15, 0.2) is 11.5 Å². The summed E-state index contributed by atoms with van der Waals surface area (Å²) in [4.78, 5) is 23.2. The molecule has 15 heavy (non-hydrogen) atoms. The van der Waals surface area contributed by atoms with E-state index in [1.54, 1.807) is 13.8 Å². The van der Waals surface area contributed by atoms with E-state index in [0.717, 1.165) is 11.8 Å². The van der Waals surface area contributed by atoms with E-state index in [2.05, 4.69) is 4.74 Å². The molecule has 0 aromatic rings. The zero-order chi connectivity index (χ0) is 11.8. The standard InChI is InChI=1S/C9H14FNO3S/c1-5(12)11-6(8(13)14-4)7(10)15-9(11,2)3/h6-7H,1-4H3. The van der Waals surface area contributed by atoms with Gasteiger partial charge in [0.05, 0.1) is 12.0 Å². The molecule has 0 aromatic heterocycles. The fourth-order valence-electron chi connectivity index (χ4n) is 1.76. The molecular weight excluding hydrogens is 221 g/mol. The maximum atomic E-state index is 13.6. The summed E-state index contributed by atoms with van der Waals surface area (Å²) in [5.41, 5.74) is -1.43. The van der Waals surface area contributed by atoms with Crippen molar-refractivity contribution in [1.29, 1.82) is 0 Å². The quantitative estimate of drug-likeness (QED) is 0.640. The molecule has 0 radical (unpaired) electrons. The first-order chi connectivity index (χ1) is 6.81. The van der Waals surface area contributed by atoms with Crippen LogP contribution in [0.5, 0.6) is 0 Å². The Bertz CT molecular complexity index is 295. The number of amides is 1. The average molecular weight is 235 g/mol. The second-order valence-electron chi connectivity index (χ2n) is 3.77. The number of ether oxygens (including phenoxy) is 1. The van der Waals surface area contributed by atoms with Gasteiger partial charge in [-0.3, -0.25) is 4.79 Å². The largest absolute Gasteiger partial charge is 0.467 e. The van der Waals surface area contributed by atoms with Crippen molar-refractivity contribution in [3.05, 3.63) is 0 Å². The summed E-state index contributed by atoms with van der Waals surface area (Å²) in [6, 6.07) is -1.13. The first-order valence-corrected chi connectivity index (χ1v) is 5.39. The predicted octanol–water partition coefficient (Wildman–Crippen LogP) is 1.15. The third-order valence-corrected chi connectivity index (χ3v) is 3.55. The van der Waals surface area contributed by atoms with Crippen molar-refractivity contribution in [1.82, 2.24) is 4.90 Å². The normalized spacial score (nSPS) is 29.0. The Morgan fingerprint density at radius 3 is 2.40 bits per heavy atom. The van der Waals surface area contributed by atoms with Gasteiger partial charge in [-0.1, -0.05) is 11.8 Å². The number of nitrogens with zero attached hydrogens (tertiary/aromatic N) is 1.